The zero-order chi connectivity index (χ0) is 23.2. The van der Waals surface area contributed by atoms with Gasteiger partial charge in [-0.3, -0.25) is 14.9 Å². The van der Waals surface area contributed by atoms with Gasteiger partial charge in [0.25, 0.3) is 5.91 Å². The molecule has 0 heterocycles. The molecule has 0 aromatic heterocycles. The van der Waals surface area contributed by atoms with Crippen molar-refractivity contribution in [2.45, 2.75) is 6.18 Å². The number of alkyl halides is 3. The molecule has 0 radical (unpaired) electrons. The fraction of sp³-hybridized carbons (Fsp3) is 0.250. The third-order valence-electron chi connectivity index (χ3n) is 3.99. The number of hydrogen-bond donors (Lipinski definition) is 1. The SMILES string of the molecule is COc1cc(C(=O)NCC#Cc2cccc(C(F)(F)F)c2)c([N+](=O)[O-])c(OC)c1OC. The average molecular weight is 438 g/mol. The monoisotopic (exact) mass is 438 g/mol. The van der Waals surface area contributed by atoms with Crippen LogP contribution in [0.4, 0.5) is 18.9 Å². The molecule has 8 nitrogen and oxygen atoms in total. The summed E-state index contributed by atoms with van der Waals surface area (Å²) in [6.07, 6.45) is -4.50. The Bertz CT molecular complexity index is 1060. The van der Waals surface area contributed by atoms with Crippen LogP contribution in [-0.4, -0.2) is 38.7 Å². The van der Waals surface area contributed by atoms with Gasteiger partial charge in [0.1, 0.15) is 5.56 Å². The van der Waals surface area contributed by atoms with Crippen LogP contribution < -0.4 is 19.5 Å². The van der Waals surface area contributed by atoms with Gasteiger partial charge >= 0.3 is 11.9 Å². The number of nitro benzene ring substituents is 1. The second-order valence-corrected chi connectivity index (χ2v) is 5.86. The van der Waals surface area contributed by atoms with Gasteiger partial charge in [0, 0.05) is 11.6 Å². The molecule has 1 N–H and O–H groups in total. The molecule has 2 rings (SSSR count). The van der Waals surface area contributed by atoms with Crippen molar-refractivity contribution in [1.29, 1.82) is 0 Å². The van der Waals surface area contributed by atoms with Crippen molar-refractivity contribution in [3.8, 4) is 29.1 Å². The molecule has 0 aliphatic heterocycles. The second-order valence-electron chi connectivity index (χ2n) is 5.86. The van der Waals surface area contributed by atoms with Gasteiger partial charge in [0.15, 0.2) is 5.75 Å². The number of carbonyl (C=O) groups excluding carboxylic acids is 1. The molecule has 0 fully saturated rings. The summed E-state index contributed by atoms with van der Waals surface area (Å²) >= 11 is 0. The molecule has 11 heteroatoms. The molecule has 1 amide bonds. The Morgan fingerprint density at radius 3 is 2.35 bits per heavy atom. The maximum atomic E-state index is 12.7. The van der Waals surface area contributed by atoms with Gasteiger partial charge in [-0.2, -0.15) is 13.2 Å². The van der Waals surface area contributed by atoms with Crippen LogP contribution in [-0.2, 0) is 6.18 Å². The summed E-state index contributed by atoms with van der Waals surface area (Å²) < 4.78 is 53.4. The number of rotatable bonds is 6. The number of nitrogens with zero attached hydrogens (tertiary/aromatic N) is 1. The first kappa shape index (κ1) is 23.3. The highest BCUT2D eigenvalue weighted by Gasteiger charge is 2.32. The van der Waals surface area contributed by atoms with Crippen LogP contribution >= 0.6 is 0 Å². The fourth-order valence-electron chi connectivity index (χ4n) is 2.63. The van der Waals surface area contributed by atoms with E-state index in [4.69, 9.17) is 14.2 Å². The number of nitrogens with one attached hydrogen (secondary N) is 1. The van der Waals surface area contributed by atoms with Crippen LogP contribution in [0.1, 0.15) is 21.5 Å². The predicted octanol–water partition coefficient (Wildman–Crippen LogP) is 3.42. The molecule has 0 atom stereocenters. The lowest BCUT2D eigenvalue weighted by Crippen LogP contribution is -2.25. The molecule has 0 aliphatic rings. The van der Waals surface area contributed by atoms with Gasteiger partial charge in [-0.25, -0.2) is 0 Å². The smallest absolute Gasteiger partial charge is 0.416 e. The fourth-order valence-corrected chi connectivity index (χ4v) is 2.63. The third-order valence-corrected chi connectivity index (χ3v) is 3.99. The van der Waals surface area contributed by atoms with Crippen LogP contribution in [0.5, 0.6) is 17.2 Å². The zero-order valence-electron chi connectivity index (χ0n) is 16.6. The third kappa shape index (κ3) is 5.36. The number of nitro groups is 1. The van der Waals surface area contributed by atoms with E-state index >= 15 is 0 Å². The van der Waals surface area contributed by atoms with Crippen LogP contribution in [0, 0.1) is 22.0 Å². The van der Waals surface area contributed by atoms with E-state index in [1.165, 1.54) is 33.5 Å². The van der Waals surface area contributed by atoms with E-state index in [9.17, 15) is 28.1 Å². The molecule has 0 saturated heterocycles. The van der Waals surface area contributed by atoms with Gasteiger partial charge < -0.3 is 19.5 Å². The van der Waals surface area contributed by atoms with Crippen molar-refractivity contribution in [1.82, 2.24) is 5.32 Å². The Morgan fingerprint density at radius 1 is 1.13 bits per heavy atom. The topological polar surface area (TPSA) is 99.9 Å². The van der Waals surface area contributed by atoms with Crippen molar-refractivity contribution < 1.29 is 37.1 Å². The maximum Gasteiger partial charge on any atom is 0.416 e. The largest absolute Gasteiger partial charge is 0.493 e. The molecule has 0 bridgehead atoms. The van der Waals surface area contributed by atoms with E-state index in [2.05, 4.69) is 17.2 Å². The highest BCUT2D eigenvalue weighted by atomic mass is 19.4. The summed E-state index contributed by atoms with van der Waals surface area (Å²) in [5, 5.41) is 13.9. The van der Waals surface area contributed by atoms with E-state index in [1.807, 2.05) is 0 Å². The van der Waals surface area contributed by atoms with E-state index in [1.54, 1.807) is 0 Å². The number of carbonyl (C=O) groups is 1. The number of methoxy groups -OCH3 is 3. The minimum Gasteiger partial charge on any atom is -0.493 e. The first-order chi connectivity index (χ1) is 14.6. The first-order valence-electron chi connectivity index (χ1n) is 8.55. The van der Waals surface area contributed by atoms with Gasteiger partial charge in [-0.05, 0) is 18.2 Å². The first-order valence-corrected chi connectivity index (χ1v) is 8.55. The summed E-state index contributed by atoms with van der Waals surface area (Å²) in [5.41, 5.74) is -1.75. The van der Waals surface area contributed by atoms with Crippen LogP contribution in [0.2, 0.25) is 0 Å². The highest BCUT2D eigenvalue weighted by molar-refractivity contribution is 6.00. The average Bonchev–Trinajstić information content (AvgIpc) is 2.74. The Morgan fingerprint density at radius 2 is 1.81 bits per heavy atom. The standard InChI is InChI=1S/C20H17F3N2O6/c1-29-15-11-14(16(25(27)28)18(31-3)17(15)30-2)19(26)24-9-5-7-12-6-4-8-13(10-12)20(21,22)23/h4,6,8,10-11H,9H2,1-3H3,(H,24,26). The number of hydrogen-bond acceptors (Lipinski definition) is 6. The molecule has 31 heavy (non-hydrogen) atoms. The quantitative estimate of drug-likeness (QED) is 0.422. The summed E-state index contributed by atoms with van der Waals surface area (Å²) in [6.45, 7) is -0.275. The van der Waals surface area contributed by atoms with Gasteiger partial charge in [0.05, 0.1) is 38.4 Å². The van der Waals surface area contributed by atoms with Crippen LogP contribution in [0.3, 0.4) is 0 Å². The lowest BCUT2D eigenvalue weighted by atomic mass is 10.1. The van der Waals surface area contributed by atoms with E-state index in [-0.39, 0.29) is 34.9 Å². The summed E-state index contributed by atoms with van der Waals surface area (Å²) in [7, 11) is 3.71. The van der Waals surface area contributed by atoms with Gasteiger partial charge in [-0.1, -0.05) is 17.9 Å². The minimum absolute atomic E-state index is 0.0325. The van der Waals surface area contributed by atoms with E-state index < -0.39 is 28.3 Å². The summed E-state index contributed by atoms with van der Waals surface area (Å²) in [6, 6.07) is 5.50. The molecule has 0 spiro atoms. The molecule has 0 unspecified atom stereocenters. The van der Waals surface area contributed by atoms with Crippen molar-refractivity contribution in [2.75, 3.05) is 27.9 Å². The molecule has 164 valence electrons. The van der Waals surface area contributed by atoms with Crippen LogP contribution in [0.25, 0.3) is 0 Å². The number of benzene rings is 2. The Kier molecular flexibility index (Phi) is 7.31. The van der Waals surface area contributed by atoms with Crippen molar-refractivity contribution in [3.63, 3.8) is 0 Å². The lowest BCUT2D eigenvalue weighted by molar-refractivity contribution is -0.386. The Hall–Kier alpha value is -3.94. The lowest BCUT2D eigenvalue weighted by Gasteiger charge is -2.14. The molecule has 2 aromatic rings. The van der Waals surface area contributed by atoms with Crippen LogP contribution in [0.15, 0.2) is 30.3 Å². The van der Waals surface area contributed by atoms with Crippen molar-refractivity contribution in [2.24, 2.45) is 0 Å². The van der Waals surface area contributed by atoms with Crippen molar-refractivity contribution in [3.05, 3.63) is 57.1 Å². The zero-order valence-corrected chi connectivity index (χ0v) is 16.6. The molecule has 0 saturated carbocycles. The van der Waals surface area contributed by atoms with E-state index in [0.29, 0.717) is 0 Å². The Labute approximate surface area is 175 Å². The normalized spacial score (nSPS) is 10.5. The number of ether oxygens (including phenoxy) is 3. The predicted molar refractivity (Wildman–Crippen MR) is 103 cm³/mol. The highest BCUT2D eigenvalue weighted by Crippen LogP contribution is 2.46. The van der Waals surface area contributed by atoms with Crippen molar-refractivity contribution >= 4 is 11.6 Å². The molecule has 0 aliphatic carbocycles. The Balaban J connectivity index is 2.28. The van der Waals surface area contributed by atoms with E-state index in [0.717, 1.165) is 18.2 Å². The molecule has 2 aromatic carbocycles. The minimum atomic E-state index is -4.50. The second kappa shape index (κ2) is 9.71. The van der Waals surface area contributed by atoms with Gasteiger partial charge in [0.2, 0.25) is 11.5 Å². The summed E-state index contributed by atoms with van der Waals surface area (Å²) in [4.78, 5) is 23.2. The molecular formula is C20H17F3N2O6. The summed E-state index contributed by atoms with van der Waals surface area (Å²) in [5.74, 6) is 3.82. The maximum absolute atomic E-state index is 12.7. The number of halogens is 3. The molecular weight excluding hydrogens is 421 g/mol. The number of amides is 1. The van der Waals surface area contributed by atoms with Gasteiger partial charge in [-0.15, -0.1) is 0 Å².